The Morgan fingerprint density at radius 3 is 2.52 bits per heavy atom. The molecule has 1 atom stereocenters. The number of benzene rings is 2. The van der Waals surface area contributed by atoms with Crippen LogP contribution in [0.2, 0.25) is 0 Å². The van der Waals surface area contributed by atoms with Crippen molar-refractivity contribution in [3.63, 3.8) is 0 Å². The lowest BCUT2D eigenvalue weighted by Crippen LogP contribution is -2.28. The largest absolute Gasteiger partial charge is 0.452 e. The molecule has 1 heterocycles. The minimum atomic E-state index is -0.621. The van der Waals surface area contributed by atoms with Crippen molar-refractivity contribution < 1.29 is 19.1 Å². The summed E-state index contributed by atoms with van der Waals surface area (Å²) in [6.45, 7) is 1.43. The molecule has 31 heavy (non-hydrogen) atoms. The van der Waals surface area contributed by atoms with Crippen molar-refractivity contribution in [3.8, 4) is 0 Å². The first-order valence-electron chi connectivity index (χ1n) is 9.64. The predicted molar refractivity (Wildman–Crippen MR) is 122 cm³/mol. The van der Waals surface area contributed by atoms with Crippen molar-refractivity contribution in [2.24, 2.45) is 0 Å². The van der Waals surface area contributed by atoms with Gasteiger partial charge in [-0.2, -0.15) is 11.3 Å². The number of para-hydroxylation sites is 1. The van der Waals surface area contributed by atoms with E-state index in [1.807, 2.05) is 54.1 Å². The Bertz CT molecular complexity index is 1060. The molecule has 0 radical (unpaired) electrons. The summed E-state index contributed by atoms with van der Waals surface area (Å²) in [5.41, 5.74) is 2.52. The number of ether oxygens (including phenoxy) is 1. The van der Waals surface area contributed by atoms with Crippen LogP contribution < -0.4 is 10.6 Å². The average molecular weight is 435 g/mol. The lowest BCUT2D eigenvalue weighted by Gasteiger charge is -2.16. The molecule has 6 nitrogen and oxygen atoms in total. The van der Waals surface area contributed by atoms with E-state index in [1.54, 1.807) is 30.3 Å². The van der Waals surface area contributed by atoms with Gasteiger partial charge in [0.15, 0.2) is 6.61 Å². The van der Waals surface area contributed by atoms with E-state index in [0.717, 1.165) is 11.1 Å². The summed E-state index contributed by atoms with van der Waals surface area (Å²) in [6.07, 6.45) is 2.88. The third kappa shape index (κ3) is 6.65. The molecule has 0 aliphatic carbocycles. The highest BCUT2D eigenvalue weighted by Crippen LogP contribution is 2.18. The molecule has 0 aliphatic heterocycles. The predicted octanol–water partition coefficient (Wildman–Crippen LogP) is 4.43. The van der Waals surface area contributed by atoms with E-state index >= 15 is 0 Å². The van der Waals surface area contributed by atoms with Gasteiger partial charge in [-0.25, -0.2) is 4.79 Å². The second kappa shape index (κ2) is 10.9. The monoisotopic (exact) mass is 434 g/mol. The maximum absolute atomic E-state index is 12.7. The molecule has 0 fully saturated rings. The van der Waals surface area contributed by atoms with Gasteiger partial charge in [0.2, 0.25) is 0 Å². The summed E-state index contributed by atoms with van der Waals surface area (Å²) in [5.74, 6) is -1.47. The number of hydrogen-bond acceptors (Lipinski definition) is 5. The number of hydrogen-bond donors (Lipinski definition) is 2. The summed E-state index contributed by atoms with van der Waals surface area (Å²) in [4.78, 5) is 36.7. The minimum Gasteiger partial charge on any atom is -0.452 e. The molecular formula is C24H22N2O4S. The number of carbonyl (C=O) groups excluding carboxylic acids is 3. The third-order valence-corrected chi connectivity index (χ3v) is 5.09. The van der Waals surface area contributed by atoms with E-state index < -0.39 is 18.5 Å². The first-order valence-corrected chi connectivity index (χ1v) is 10.6. The SMILES string of the molecule is CC(NC(=O)c1ccccc1NC(=O)COC(=O)/C=C/c1ccsc1)c1ccccc1. The Balaban J connectivity index is 1.56. The maximum Gasteiger partial charge on any atom is 0.331 e. The van der Waals surface area contributed by atoms with Crippen LogP contribution in [0.25, 0.3) is 6.08 Å². The minimum absolute atomic E-state index is 0.201. The van der Waals surface area contributed by atoms with Gasteiger partial charge in [-0.3, -0.25) is 9.59 Å². The van der Waals surface area contributed by atoms with E-state index in [4.69, 9.17) is 4.74 Å². The number of anilines is 1. The van der Waals surface area contributed by atoms with E-state index in [-0.39, 0.29) is 11.9 Å². The molecule has 0 aliphatic rings. The van der Waals surface area contributed by atoms with E-state index in [1.165, 1.54) is 17.4 Å². The summed E-state index contributed by atoms with van der Waals surface area (Å²) >= 11 is 1.52. The first-order chi connectivity index (χ1) is 15.0. The van der Waals surface area contributed by atoms with Gasteiger partial charge in [0.1, 0.15) is 0 Å². The molecule has 3 aromatic rings. The summed E-state index contributed by atoms with van der Waals surface area (Å²) in [5, 5.41) is 9.33. The molecule has 0 saturated heterocycles. The molecule has 2 amide bonds. The standard InChI is InChI=1S/C24H22N2O4S/c1-17(19-7-3-2-4-8-19)25-24(29)20-9-5-6-10-21(20)26-22(27)15-30-23(28)12-11-18-13-14-31-16-18/h2-14,16-17H,15H2,1H3,(H,25,29)(H,26,27)/b12-11+. The van der Waals surface area contributed by atoms with Gasteiger partial charge in [0.25, 0.3) is 11.8 Å². The van der Waals surface area contributed by atoms with Crippen molar-refractivity contribution >= 4 is 40.9 Å². The van der Waals surface area contributed by atoms with Gasteiger partial charge in [0.05, 0.1) is 17.3 Å². The number of carbonyl (C=O) groups is 3. The number of nitrogens with one attached hydrogen (secondary N) is 2. The topological polar surface area (TPSA) is 84.5 Å². The van der Waals surface area contributed by atoms with Crippen LogP contribution >= 0.6 is 11.3 Å². The van der Waals surface area contributed by atoms with Crippen LogP contribution in [-0.4, -0.2) is 24.4 Å². The van der Waals surface area contributed by atoms with E-state index in [0.29, 0.717) is 11.3 Å². The molecule has 2 N–H and O–H groups in total. The Labute approximate surface area is 184 Å². The molecule has 2 aromatic carbocycles. The molecule has 158 valence electrons. The van der Waals surface area contributed by atoms with Crippen LogP contribution in [0.1, 0.15) is 34.5 Å². The van der Waals surface area contributed by atoms with E-state index in [9.17, 15) is 14.4 Å². The second-order valence-electron chi connectivity index (χ2n) is 6.70. The zero-order chi connectivity index (χ0) is 22.1. The molecule has 0 spiro atoms. The smallest absolute Gasteiger partial charge is 0.331 e. The van der Waals surface area contributed by atoms with Crippen molar-refractivity contribution in [1.82, 2.24) is 5.32 Å². The quantitative estimate of drug-likeness (QED) is 0.406. The number of thiophene rings is 1. The van der Waals surface area contributed by atoms with Gasteiger partial charge in [-0.15, -0.1) is 0 Å². The fourth-order valence-corrected chi connectivity index (χ4v) is 3.42. The van der Waals surface area contributed by atoms with Crippen molar-refractivity contribution in [2.75, 3.05) is 11.9 Å². The fourth-order valence-electron chi connectivity index (χ4n) is 2.79. The van der Waals surface area contributed by atoms with Crippen LogP contribution in [0, 0.1) is 0 Å². The average Bonchev–Trinajstić information content (AvgIpc) is 3.31. The molecule has 1 aromatic heterocycles. The second-order valence-corrected chi connectivity index (χ2v) is 7.48. The molecular weight excluding hydrogens is 412 g/mol. The number of amides is 2. The van der Waals surface area contributed by atoms with Crippen LogP contribution in [-0.2, 0) is 14.3 Å². The zero-order valence-electron chi connectivity index (χ0n) is 16.9. The maximum atomic E-state index is 12.7. The van der Waals surface area contributed by atoms with Crippen molar-refractivity contribution in [3.05, 3.63) is 94.2 Å². The lowest BCUT2D eigenvalue weighted by atomic mass is 10.1. The summed E-state index contributed by atoms with van der Waals surface area (Å²) < 4.78 is 4.96. The summed E-state index contributed by atoms with van der Waals surface area (Å²) in [6, 6.07) is 17.9. The van der Waals surface area contributed by atoms with Gasteiger partial charge in [-0.05, 0) is 53.1 Å². The molecule has 7 heteroatoms. The first kappa shape index (κ1) is 22.0. The van der Waals surface area contributed by atoms with Crippen molar-refractivity contribution in [1.29, 1.82) is 0 Å². The third-order valence-electron chi connectivity index (χ3n) is 4.39. The van der Waals surface area contributed by atoms with Crippen LogP contribution in [0.15, 0.2) is 77.5 Å². The highest BCUT2D eigenvalue weighted by Gasteiger charge is 2.16. The van der Waals surface area contributed by atoms with Gasteiger partial charge < -0.3 is 15.4 Å². The Kier molecular flexibility index (Phi) is 7.73. The number of esters is 1. The van der Waals surface area contributed by atoms with E-state index in [2.05, 4.69) is 10.6 Å². The van der Waals surface area contributed by atoms with Crippen LogP contribution in [0.4, 0.5) is 5.69 Å². The Hall–Kier alpha value is -3.71. The fraction of sp³-hybridized carbons (Fsp3) is 0.125. The Morgan fingerprint density at radius 2 is 1.77 bits per heavy atom. The molecule has 0 bridgehead atoms. The van der Waals surface area contributed by atoms with Gasteiger partial charge in [0, 0.05) is 6.08 Å². The van der Waals surface area contributed by atoms with Crippen LogP contribution in [0.5, 0.6) is 0 Å². The van der Waals surface area contributed by atoms with Gasteiger partial charge >= 0.3 is 5.97 Å². The van der Waals surface area contributed by atoms with Gasteiger partial charge in [-0.1, -0.05) is 42.5 Å². The molecule has 0 saturated carbocycles. The molecule has 3 rings (SSSR count). The van der Waals surface area contributed by atoms with Crippen molar-refractivity contribution in [2.45, 2.75) is 13.0 Å². The molecule has 1 unspecified atom stereocenters. The highest BCUT2D eigenvalue weighted by atomic mass is 32.1. The van der Waals surface area contributed by atoms with Crippen LogP contribution in [0.3, 0.4) is 0 Å². The Morgan fingerprint density at radius 1 is 1.03 bits per heavy atom. The zero-order valence-corrected chi connectivity index (χ0v) is 17.7. The number of rotatable bonds is 8. The normalized spacial score (nSPS) is 11.6. The summed E-state index contributed by atoms with van der Waals surface area (Å²) in [7, 11) is 0. The highest BCUT2D eigenvalue weighted by molar-refractivity contribution is 7.08. The lowest BCUT2D eigenvalue weighted by molar-refractivity contribution is -0.142.